The molecule has 0 saturated heterocycles. The first-order chi connectivity index (χ1) is 17.2. The minimum atomic E-state index is -1.15. The molecule has 35 heavy (non-hydrogen) atoms. The molecule has 0 radical (unpaired) electrons. The molecule has 1 aliphatic rings. The average molecular weight is 477 g/mol. The zero-order valence-electron chi connectivity index (χ0n) is 21.3. The molecule has 0 aliphatic heterocycles. The van der Waals surface area contributed by atoms with Crippen LogP contribution in [0.3, 0.4) is 0 Å². The largest absolute Gasteiger partial charge is 0.490 e. The van der Waals surface area contributed by atoms with E-state index in [0.717, 1.165) is 42.6 Å². The lowest BCUT2D eigenvalue weighted by atomic mass is 9.85. The van der Waals surface area contributed by atoms with Gasteiger partial charge in [-0.3, -0.25) is 9.59 Å². The van der Waals surface area contributed by atoms with E-state index < -0.39 is 12.0 Å². The molecule has 6 nitrogen and oxygen atoms in total. The lowest BCUT2D eigenvalue weighted by Crippen LogP contribution is -2.36. The van der Waals surface area contributed by atoms with E-state index in [4.69, 9.17) is 15.6 Å². The van der Waals surface area contributed by atoms with Crippen LogP contribution in [-0.4, -0.2) is 34.0 Å². The van der Waals surface area contributed by atoms with Gasteiger partial charge in [-0.1, -0.05) is 30.3 Å². The van der Waals surface area contributed by atoms with Crippen molar-refractivity contribution in [2.24, 2.45) is 5.92 Å². The molecule has 1 amide bonds. The van der Waals surface area contributed by atoms with Crippen molar-refractivity contribution in [2.75, 3.05) is 0 Å². The number of rotatable bonds is 9. The van der Waals surface area contributed by atoms with Crippen LogP contribution in [0.25, 0.3) is 11.3 Å². The number of carbonyl (C=O) groups is 2. The van der Waals surface area contributed by atoms with E-state index in [9.17, 15) is 9.59 Å². The molecule has 184 valence electrons. The summed E-state index contributed by atoms with van der Waals surface area (Å²) in [5.74, 6) is 0.659. The summed E-state index contributed by atoms with van der Waals surface area (Å²) in [7, 11) is 0. The van der Waals surface area contributed by atoms with Crippen LogP contribution in [0, 0.1) is 5.92 Å². The summed E-state index contributed by atoms with van der Waals surface area (Å²) in [4.78, 5) is 26.1. The van der Waals surface area contributed by atoms with Gasteiger partial charge in [0.25, 0.3) is 5.91 Å². The maximum absolute atomic E-state index is 13.5. The van der Waals surface area contributed by atoms with Gasteiger partial charge in [-0.25, -0.2) is 0 Å². The highest BCUT2D eigenvalue weighted by molar-refractivity contribution is 5.94. The van der Waals surface area contributed by atoms with Crippen LogP contribution >= 0.6 is 0 Å². The summed E-state index contributed by atoms with van der Waals surface area (Å²) >= 11 is 0. The van der Waals surface area contributed by atoms with Crippen LogP contribution in [0.4, 0.5) is 0 Å². The lowest BCUT2D eigenvalue weighted by molar-refractivity contribution is -0.138. The van der Waals surface area contributed by atoms with E-state index in [1.807, 2.05) is 48.5 Å². The molecule has 2 aromatic carbocycles. The monoisotopic (exact) mass is 476 g/mol. The van der Waals surface area contributed by atoms with Crippen LogP contribution in [0.1, 0.15) is 63.2 Å². The van der Waals surface area contributed by atoms with Crippen LogP contribution in [0.5, 0.6) is 5.75 Å². The van der Waals surface area contributed by atoms with Crippen molar-refractivity contribution in [3.05, 3.63) is 78.1 Å². The second-order valence-corrected chi connectivity index (χ2v) is 9.36. The molecule has 3 aromatic rings. The molecule has 0 unspecified atom stereocenters. The highest BCUT2D eigenvalue weighted by atomic mass is 16.5. The third-order valence-corrected chi connectivity index (χ3v) is 6.57. The predicted molar refractivity (Wildman–Crippen MR) is 134 cm³/mol. The molecule has 1 aliphatic carbocycles. The second-order valence-electron chi connectivity index (χ2n) is 9.36. The number of hydrogen-bond donors (Lipinski definition) is 1. The van der Waals surface area contributed by atoms with Gasteiger partial charge in [0.1, 0.15) is 11.5 Å². The Balaban J connectivity index is 1.48. The molecular weight excluding hydrogens is 442 g/mol. The highest BCUT2D eigenvalue weighted by Gasteiger charge is 2.26. The van der Waals surface area contributed by atoms with E-state index >= 15 is 0 Å². The third kappa shape index (κ3) is 6.32. The average Bonchev–Trinajstić information content (AvgIpc) is 3.38. The number of carboxylic acids is 1. The Hall–Kier alpha value is -3.54. The van der Waals surface area contributed by atoms with Gasteiger partial charge in [0.2, 0.25) is 0 Å². The molecule has 1 saturated carbocycles. The van der Waals surface area contributed by atoms with Crippen LogP contribution in [0.2, 0.25) is 0 Å². The number of carbonyl (C=O) groups excluding carboxylic acids is 1. The quantitative estimate of drug-likeness (QED) is 0.386. The number of benzene rings is 2. The van der Waals surface area contributed by atoms with E-state index in [0.29, 0.717) is 11.3 Å². The van der Waals surface area contributed by atoms with E-state index in [-0.39, 0.29) is 30.9 Å². The third-order valence-electron chi connectivity index (χ3n) is 6.57. The Morgan fingerprint density at radius 3 is 2.40 bits per heavy atom. The van der Waals surface area contributed by atoms with Gasteiger partial charge in [-0.2, -0.15) is 0 Å². The first kappa shape index (κ1) is 23.2. The van der Waals surface area contributed by atoms with Crippen molar-refractivity contribution in [1.29, 1.82) is 0 Å². The van der Waals surface area contributed by atoms with E-state index in [1.54, 1.807) is 37.1 Å². The lowest BCUT2D eigenvalue weighted by Gasteiger charge is -2.31. The Labute approximate surface area is 207 Å². The molecule has 4 rings (SSSR count). The summed E-state index contributed by atoms with van der Waals surface area (Å²) in [5.41, 5.74) is 2.22. The Morgan fingerprint density at radius 1 is 1.06 bits per heavy atom. The number of ether oxygens (including phenoxy) is 1. The standard InChI is InChI=1S/C29H33NO5/c1-20(2)30(29(33)23-13-11-22(12-14-23)26-8-5-17-34-26)19-24-6-3-4-7-27(24)35-25-15-9-21(10-16-25)18-28(31)32/h3-8,11-14,17,20-21,25H,9-10,15-16,18-19H2,1-2H3,(H,31,32)/i20D. The van der Waals surface area contributed by atoms with E-state index in [2.05, 4.69) is 0 Å². The van der Waals surface area contributed by atoms with Gasteiger partial charge in [0.05, 0.1) is 13.7 Å². The fraction of sp³-hybridized carbons (Fsp3) is 0.379. The Bertz CT molecular complexity index is 1160. The smallest absolute Gasteiger partial charge is 0.303 e. The maximum Gasteiger partial charge on any atom is 0.303 e. The van der Waals surface area contributed by atoms with Crippen molar-refractivity contribution in [2.45, 2.75) is 64.6 Å². The predicted octanol–water partition coefficient (Wildman–Crippen LogP) is 6.41. The molecule has 1 N–H and O–H groups in total. The number of aliphatic carboxylic acids is 1. The molecule has 0 atom stereocenters. The zero-order valence-corrected chi connectivity index (χ0v) is 20.3. The van der Waals surface area contributed by atoms with Gasteiger partial charge in [-0.05, 0) is 75.8 Å². The van der Waals surface area contributed by atoms with Gasteiger partial charge in [-0.15, -0.1) is 0 Å². The molecule has 0 bridgehead atoms. The first-order valence-corrected chi connectivity index (χ1v) is 12.1. The number of furan rings is 1. The molecule has 1 aromatic heterocycles. The zero-order chi connectivity index (χ0) is 25.7. The Morgan fingerprint density at radius 2 is 1.77 bits per heavy atom. The van der Waals surface area contributed by atoms with Crippen molar-refractivity contribution < 1.29 is 25.2 Å². The number of nitrogens with zero attached hydrogens (tertiary/aromatic N) is 1. The summed E-state index contributed by atoms with van der Waals surface area (Å²) in [6.07, 6.45) is 5.11. The summed E-state index contributed by atoms with van der Waals surface area (Å²) in [6.45, 7) is 3.64. The number of carboxylic acid groups (broad SMARTS) is 1. The SMILES string of the molecule is [2H]C(C)(C)N(Cc1ccccc1OC1CCC(CC(=O)O)CC1)C(=O)c1ccc(-c2ccco2)cc1. The molecule has 1 fully saturated rings. The number of hydrogen-bond acceptors (Lipinski definition) is 4. The minimum absolute atomic E-state index is 0.0125. The van der Waals surface area contributed by atoms with Gasteiger partial charge in [0, 0.05) is 35.7 Å². The van der Waals surface area contributed by atoms with Crippen LogP contribution in [0.15, 0.2) is 71.3 Å². The van der Waals surface area contributed by atoms with Crippen molar-refractivity contribution in [1.82, 2.24) is 4.90 Å². The van der Waals surface area contributed by atoms with Crippen molar-refractivity contribution in [3.63, 3.8) is 0 Å². The summed E-state index contributed by atoms with van der Waals surface area (Å²) in [5, 5.41) is 9.05. The maximum atomic E-state index is 13.5. The van der Waals surface area contributed by atoms with Crippen LogP contribution in [-0.2, 0) is 11.3 Å². The fourth-order valence-corrected chi connectivity index (χ4v) is 4.61. The summed E-state index contributed by atoms with van der Waals surface area (Å²) < 4.78 is 20.4. The molecular formula is C29H33NO5. The summed E-state index contributed by atoms with van der Waals surface area (Å²) in [6, 6.07) is 17.4. The Kier molecular flexibility index (Phi) is 7.47. The van der Waals surface area contributed by atoms with Gasteiger partial charge in [0.15, 0.2) is 0 Å². The normalized spacial score (nSPS) is 18.5. The molecule has 6 heteroatoms. The molecule has 0 spiro atoms. The van der Waals surface area contributed by atoms with Crippen molar-refractivity contribution >= 4 is 11.9 Å². The number of amides is 1. The first-order valence-electron chi connectivity index (χ1n) is 12.6. The number of para-hydroxylation sites is 1. The van der Waals surface area contributed by atoms with Gasteiger partial charge < -0.3 is 19.2 Å². The highest BCUT2D eigenvalue weighted by Crippen LogP contribution is 2.31. The topological polar surface area (TPSA) is 80.0 Å². The van der Waals surface area contributed by atoms with Crippen molar-refractivity contribution in [3.8, 4) is 17.1 Å². The van der Waals surface area contributed by atoms with Gasteiger partial charge >= 0.3 is 5.97 Å². The van der Waals surface area contributed by atoms with E-state index in [1.165, 1.54) is 0 Å². The fourth-order valence-electron chi connectivity index (χ4n) is 4.61. The second kappa shape index (κ2) is 11.3. The van der Waals surface area contributed by atoms with Crippen LogP contribution < -0.4 is 4.74 Å². The molecule has 1 heterocycles. The minimum Gasteiger partial charge on any atom is -0.490 e.